The van der Waals surface area contributed by atoms with Crippen molar-refractivity contribution in [2.45, 2.75) is 39.7 Å². The van der Waals surface area contributed by atoms with Gasteiger partial charge in [0, 0.05) is 12.1 Å². The van der Waals surface area contributed by atoms with Crippen molar-refractivity contribution in [2.24, 2.45) is 11.1 Å². The number of rotatable bonds is 6. The molecular weight excluding hydrogens is 252 g/mol. The molecule has 1 aromatic carbocycles. The lowest BCUT2D eigenvalue weighted by molar-refractivity contribution is -0.132. The number of methoxy groups -OCH3 is 1. The van der Waals surface area contributed by atoms with E-state index in [1.54, 1.807) is 7.11 Å². The maximum absolute atomic E-state index is 12.2. The van der Waals surface area contributed by atoms with E-state index in [2.05, 4.69) is 5.32 Å². The summed E-state index contributed by atoms with van der Waals surface area (Å²) in [5, 5.41) is 2.96. The molecule has 0 atom stereocenters. The van der Waals surface area contributed by atoms with Gasteiger partial charge >= 0.3 is 0 Å². The van der Waals surface area contributed by atoms with Crippen LogP contribution in [0.3, 0.4) is 0 Å². The highest BCUT2D eigenvalue weighted by molar-refractivity contribution is 5.83. The van der Waals surface area contributed by atoms with E-state index in [-0.39, 0.29) is 5.91 Å². The Bertz CT molecular complexity index is 445. The molecule has 112 valence electrons. The van der Waals surface area contributed by atoms with E-state index in [9.17, 15) is 4.79 Å². The Morgan fingerprint density at radius 3 is 2.20 bits per heavy atom. The van der Waals surface area contributed by atoms with Crippen LogP contribution in [-0.4, -0.2) is 25.1 Å². The molecule has 4 nitrogen and oxygen atoms in total. The fourth-order valence-corrected chi connectivity index (χ4v) is 1.63. The van der Waals surface area contributed by atoms with Crippen molar-refractivity contribution < 1.29 is 9.53 Å². The molecule has 0 saturated carbocycles. The Kier molecular flexibility index (Phi) is 5.17. The second kappa shape index (κ2) is 6.27. The molecule has 1 aromatic rings. The van der Waals surface area contributed by atoms with Gasteiger partial charge in [0.05, 0.1) is 12.5 Å². The van der Waals surface area contributed by atoms with Crippen molar-refractivity contribution >= 4 is 5.91 Å². The van der Waals surface area contributed by atoms with E-state index in [4.69, 9.17) is 10.5 Å². The standard InChI is InChI=1S/C16H26N2O2/c1-15(2,16(3,4)17)14(19)18-11-10-12-6-8-13(20-5)9-7-12/h6-9H,10-11,17H2,1-5H3,(H,18,19). The van der Waals surface area contributed by atoms with Crippen LogP contribution in [0.2, 0.25) is 0 Å². The summed E-state index contributed by atoms with van der Waals surface area (Å²) in [5.74, 6) is 0.822. The van der Waals surface area contributed by atoms with Gasteiger partial charge < -0.3 is 15.8 Å². The van der Waals surface area contributed by atoms with Crippen LogP contribution in [0.15, 0.2) is 24.3 Å². The summed E-state index contributed by atoms with van der Waals surface area (Å²) < 4.78 is 5.11. The van der Waals surface area contributed by atoms with Gasteiger partial charge in [0.2, 0.25) is 5.91 Å². The van der Waals surface area contributed by atoms with Crippen LogP contribution in [0.4, 0.5) is 0 Å². The number of carbonyl (C=O) groups excluding carboxylic acids is 1. The number of benzene rings is 1. The zero-order valence-corrected chi connectivity index (χ0v) is 13.1. The zero-order valence-electron chi connectivity index (χ0n) is 13.1. The molecule has 0 heterocycles. The van der Waals surface area contributed by atoms with E-state index >= 15 is 0 Å². The molecule has 0 fully saturated rings. The lowest BCUT2D eigenvalue weighted by Crippen LogP contribution is -2.55. The molecule has 0 spiro atoms. The molecule has 0 radical (unpaired) electrons. The second-order valence-corrected chi connectivity index (χ2v) is 6.20. The number of amides is 1. The Morgan fingerprint density at radius 2 is 1.75 bits per heavy atom. The third kappa shape index (κ3) is 3.97. The number of nitrogens with two attached hydrogens (primary N) is 1. The van der Waals surface area contributed by atoms with Crippen molar-refractivity contribution in [3.8, 4) is 5.75 Å². The second-order valence-electron chi connectivity index (χ2n) is 6.20. The lowest BCUT2D eigenvalue weighted by atomic mass is 9.74. The van der Waals surface area contributed by atoms with Crippen LogP contribution in [0.5, 0.6) is 5.75 Å². The molecule has 1 amide bonds. The van der Waals surface area contributed by atoms with Gasteiger partial charge in [0.1, 0.15) is 5.75 Å². The van der Waals surface area contributed by atoms with E-state index in [1.165, 1.54) is 0 Å². The van der Waals surface area contributed by atoms with Crippen molar-refractivity contribution in [1.29, 1.82) is 0 Å². The highest BCUT2D eigenvalue weighted by Crippen LogP contribution is 2.28. The lowest BCUT2D eigenvalue weighted by Gasteiger charge is -2.36. The monoisotopic (exact) mass is 278 g/mol. The van der Waals surface area contributed by atoms with Gasteiger partial charge in [0.15, 0.2) is 0 Å². The minimum Gasteiger partial charge on any atom is -0.497 e. The number of hydrogen-bond donors (Lipinski definition) is 2. The van der Waals surface area contributed by atoms with Gasteiger partial charge in [-0.3, -0.25) is 4.79 Å². The fraction of sp³-hybridized carbons (Fsp3) is 0.562. The first-order valence-electron chi connectivity index (χ1n) is 6.88. The molecule has 0 unspecified atom stereocenters. The topological polar surface area (TPSA) is 64.3 Å². The summed E-state index contributed by atoms with van der Waals surface area (Å²) in [5.41, 5.74) is 6.05. The highest BCUT2D eigenvalue weighted by atomic mass is 16.5. The number of carbonyl (C=O) groups is 1. The first-order chi connectivity index (χ1) is 9.18. The van der Waals surface area contributed by atoms with Crippen molar-refractivity contribution in [3.05, 3.63) is 29.8 Å². The molecule has 3 N–H and O–H groups in total. The van der Waals surface area contributed by atoms with Crippen LogP contribution in [-0.2, 0) is 11.2 Å². The summed E-state index contributed by atoms with van der Waals surface area (Å²) in [6.45, 7) is 8.09. The largest absolute Gasteiger partial charge is 0.497 e. The van der Waals surface area contributed by atoms with E-state index in [1.807, 2.05) is 52.0 Å². The molecular formula is C16H26N2O2. The maximum atomic E-state index is 12.2. The van der Waals surface area contributed by atoms with Crippen LogP contribution in [0, 0.1) is 5.41 Å². The number of nitrogens with one attached hydrogen (secondary N) is 1. The maximum Gasteiger partial charge on any atom is 0.227 e. The minimum absolute atomic E-state index is 0.0153. The molecule has 0 bridgehead atoms. The van der Waals surface area contributed by atoms with Gasteiger partial charge in [-0.25, -0.2) is 0 Å². The van der Waals surface area contributed by atoms with Gasteiger partial charge in [-0.2, -0.15) is 0 Å². The van der Waals surface area contributed by atoms with Gasteiger partial charge in [-0.15, -0.1) is 0 Å². The predicted molar refractivity (Wildman–Crippen MR) is 81.8 cm³/mol. The van der Waals surface area contributed by atoms with Gasteiger partial charge in [0.25, 0.3) is 0 Å². The van der Waals surface area contributed by atoms with Crippen molar-refractivity contribution in [1.82, 2.24) is 5.32 Å². The van der Waals surface area contributed by atoms with Crippen LogP contribution >= 0.6 is 0 Å². The van der Waals surface area contributed by atoms with E-state index in [0.717, 1.165) is 17.7 Å². The SMILES string of the molecule is COc1ccc(CCNC(=O)C(C)(C)C(C)(C)N)cc1. The Morgan fingerprint density at radius 1 is 1.20 bits per heavy atom. The first kappa shape index (κ1) is 16.5. The molecule has 0 aliphatic rings. The van der Waals surface area contributed by atoms with Crippen molar-refractivity contribution in [2.75, 3.05) is 13.7 Å². The minimum atomic E-state index is -0.604. The van der Waals surface area contributed by atoms with Gasteiger partial charge in [-0.05, 0) is 51.8 Å². The average Bonchev–Trinajstić information content (AvgIpc) is 2.38. The van der Waals surface area contributed by atoms with Crippen molar-refractivity contribution in [3.63, 3.8) is 0 Å². The van der Waals surface area contributed by atoms with Crippen LogP contribution in [0.1, 0.15) is 33.3 Å². The first-order valence-corrected chi connectivity index (χ1v) is 6.88. The Hall–Kier alpha value is -1.55. The zero-order chi connectivity index (χ0) is 15.4. The average molecular weight is 278 g/mol. The Balaban J connectivity index is 2.49. The third-order valence-corrected chi connectivity index (χ3v) is 4.04. The third-order valence-electron chi connectivity index (χ3n) is 4.04. The molecule has 0 aliphatic carbocycles. The van der Waals surface area contributed by atoms with E-state index < -0.39 is 11.0 Å². The summed E-state index contributed by atoms with van der Waals surface area (Å²) in [6, 6.07) is 7.85. The molecule has 0 aliphatic heterocycles. The molecule has 1 rings (SSSR count). The molecule has 0 aromatic heterocycles. The molecule has 0 saturated heterocycles. The number of hydrogen-bond acceptors (Lipinski definition) is 3. The summed E-state index contributed by atoms with van der Waals surface area (Å²) in [6.07, 6.45) is 0.789. The molecule has 20 heavy (non-hydrogen) atoms. The van der Waals surface area contributed by atoms with Crippen LogP contribution < -0.4 is 15.8 Å². The quantitative estimate of drug-likeness (QED) is 0.837. The summed E-state index contributed by atoms with van der Waals surface area (Å²) >= 11 is 0. The highest BCUT2D eigenvalue weighted by Gasteiger charge is 2.40. The summed E-state index contributed by atoms with van der Waals surface area (Å²) in [7, 11) is 1.64. The summed E-state index contributed by atoms with van der Waals surface area (Å²) in [4.78, 5) is 12.2. The molecule has 4 heteroatoms. The van der Waals surface area contributed by atoms with Crippen LogP contribution in [0.25, 0.3) is 0 Å². The van der Waals surface area contributed by atoms with Gasteiger partial charge in [-0.1, -0.05) is 12.1 Å². The Labute approximate surface area is 121 Å². The smallest absolute Gasteiger partial charge is 0.227 e. The number of ether oxygens (including phenoxy) is 1. The predicted octanol–water partition coefficient (Wildman–Crippen LogP) is 2.12. The normalized spacial score (nSPS) is 12.1. The fourth-order valence-electron chi connectivity index (χ4n) is 1.63. The van der Waals surface area contributed by atoms with E-state index in [0.29, 0.717) is 6.54 Å².